The molecule has 4 nitrogen and oxygen atoms in total. The summed E-state index contributed by atoms with van der Waals surface area (Å²) in [5.41, 5.74) is 6.74. The maximum Gasteiger partial charge on any atom is 0.269 e. The number of nitrogens with zero attached hydrogens (tertiary/aromatic N) is 2. The van der Waals surface area contributed by atoms with Gasteiger partial charge in [-0.05, 0) is 11.6 Å². The molecule has 0 aliphatic heterocycles. The molecule has 1 aromatic heterocycles. The second-order valence-electron chi connectivity index (χ2n) is 3.16. The van der Waals surface area contributed by atoms with Crippen LogP contribution in [0, 0.1) is 0 Å². The molecular weight excluding hydrogens is 226 g/mol. The molecule has 5 heteroatoms. The Morgan fingerprint density at radius 3 is 2.50 bits per heavy atom. The van der Waals surface area contributed by atoms with Crippen molar-refractivity contribution in [1.29, 1.82) is 0 Å². The normalized spacial score (nSPS) is 10.1. The van der Waals surface area contributed by atoms with Crippen LogP contribution in [0.5, 0.6) is 0 Å². The lowest BCUT2D eigenvalue weighted by Gasteiger charge is -2.03. The first-order chi connectivity index (χ1) is 7.68. The number of nitrogens with two attached hydrogens (primary N) is 1. The number of primary amides is 1. The summed E-state index contributed by atoms with van der Waals surface area (Å²) >= 11 is 5.91. The summed E-state index contributed by atoms with van der Waals surface area (Å²) in [5, 5.41) is 7.55. The molecule has 0 spiro atoms. The van der Waals surface area contributed by atoms with Gasteiger partial charge in [-0.1, -0.05) is 41.9 Å². The molecule has 16 heavy (non-hydrogen) atoms. The van der Waals surface area contributed by atoms with Crippen LogP contribution in [0.15, 0.2) is 36.4 Å². The van der Waals surface area contributed by atoms with Crippen molar-refractivity contribution in [2.24, 2.45) is 5.73 Å². The van der Waals surface area contributed by atoms with Gasteiger partial charge < -0.3 is 5.73 Å². The Morgan fingerprint density at radius 1 is 1.19 bits per heavy atom. The lowest BCUT2D eigenvalue weighted by atomic mass is 10.1. The molecule has 0 saturated carbocycles. The summed E-state index contributed by atoms with van der Waals surface area (Å²) in [6.45, 7) is 0. The Hall–Kier alpha value is -1.94. The number of halogens is 1. The molecule has 0 aliphatic carbocycles. The van der Waals surface area contributed by atoms with Crippen molar-refractivity contribution in [3.63, 3.8) is 0 Å². The summed E-state index contributed by atoms with van der Waals surface area (Å²) in [6, 6.07) is 10.9. The molecule has 0 saturated heterocycles. The zero-order valence-electron chi connectivity index (χ0n) is 8.22. The van der Waals surface area contributed by atoms with E-state index in [1.54, 1.807) is 0 Å². The maximum absolute atomic E-state index is 11.0. The highest BCUT2D eigenvalue weighted by Gasteiger charge is 2.10. The number of carbonyl (C=O) groups excluding carboxylic acids is 1. The smallest absolute Gasteiger partial charge is 0.269 e. The SMILES string of the molecule is NC(=O)c1cc(-c2ccccc2)c(Cl)nn1. The Labute approximate surface area is 97.1 Å². The van der Waals surface area contributed by atoms with Crippen LogP contribution in [0.25, 0.3) is 11.1 Å². The average Bonchev–Trinajstić information content (AvgIpc) is 2.30. The minimum absolute atomic E-state index is 0.100. The highest BCUT2D eigenvalue weighted by molar-refractivity contribution is 6.32. The fourth-order valence-corrected chi connectivity index (χ4v) is 1.52. The minimum atomic E-state index is -0.624. The topological polar surface area (TPSA) is 68.9 Å². The molecule has 1 heterocycles. The van der Waals surface area contributed by atoms with Gasteiger partial charge in [-0.15, -0.1) is 10.2 Å². The van der Waals surface area contributed by atoms with Gasteiger partial charge in [0, 0.05) is 5.56 Å². The number of hydrogen-bond donors (Lipinski definition) is 1. The summed E-state index contributed by atoms with van der Waals surface area (Å²) in [5.74, 6) is -0.624. The van der Waals surface area contributed by atoms with E-state index in [1.165, 1.54) is 6.07 Å². The second kappa shape index (κ2) is 4.28. The van der Waals surface area contributed by atoms with E-state index in [9.17, 15) is 4.79 Å². The van der Waals surface area contributed by atoms with Gasteiger partial charge in [0.2, 0.25) is 0 Å². The van der Waals surface area contributed by atoms with Crippen molar-refractivity contribution in [3.8, 4) is 11.1 Å². The predicted octanol–water partition coefficient (Wildman–Crippen LogP) is 1.90. The Morgan fingerprint density at radius 2 is 1.88 bits per heavy atom. The molecule has 2 aromatic rings. The van der Waals surface area contributed by atoms with Gasteiger partial charge in [0.25, 0.3) is 5.91 Å². The molecular formula is C11H8ClN3O. The van der Waals surface area contributed by atoms with Crippen LogP contribution >= 0.6 is 11.6 Å². The quantitative estimate of drug-likeness (QED) is 0.861. The van der Waals surface area contributed by atoms with E-state index in [2.05, 4.69) is 10.2 Å². The summed E-state index contributed by atoms with van der Waals surface area (Å²) in [7, 11) is 0. The largest absolute Gasteiger partial charge is 0.364 e. The van der Waals surface area contributed by atoms with Crippen LogP contribution < -0.4 is 5.73 Å². The van der Waals surface area contributed by atoms with Crippen molar-refractivity contribution in [2.45, 2.75) is 0 Å². The fraction of sp³-hybridized carbons (Fsp3) is 0. The number of carbonyl (C=O) groups is 1. The Bertz CT molecular complexity index is 528. The standard InChI is InChI=1S/C11H8ClN3O/c12-10-8(7-4-2-1-3-5-7)6-9(11(13)16)14-15-10/h1-6H,(H2,13,16). The van der Waals surface area contributed by atoms with Gasteiger partial charge in [-0.2, -0.15) is 0 Å². The molecule has 2 N–H and O–H groups in total. The van der Waals surface area contributed by atoms with E-state index in [4.69, 9.17) is 17.3 Å². The average molecular weight is 234 g/mol. The van der Waals surface area contributed by atoms with Crippen LogP contribution in [-0.4, -0.2) is 16.1 Å². The summed E-state index contributed by atoms with van der Waals surface area (Å²) in [6.07, 6.45) is 0. The van der Waals surface area contributed by atoms with Crippen molar-refractivity contribution < 1.29 is 4.79 Å². The first-order valence-corrected chi connectivity index (χ1v) is 4.94. The van der Waals surface area contributed by atoms with Crippen LogP contribution in [0.2, 0.25) is 5.15 Å². The second-order valence-corrected chi connectivity index (χ2v) is 3.52. The Kier molecular flexibility index (Phi) is 2.83. The molecule has 0 radical (unpaired) electrons. The van der Waals surface area contributed by atoms with Gasteiger partial charge >= 0.3 is 0 Å². The molecule has 0 bridgehead atoms. The van der Waals surface area contributed by atoms with Gasteiger partial charge in [0.15, 0.2) is 10.8 Å². The lowest BCUT2D eigenvalue weighted by Crippen LogP contribution is -2.14. The highest BCUT2D eigenvalue weighted by atomic mass is 35.5. The van der Waals surface area contributed by atoms with Gasteiger partial charge in [0.1, 0.15) is 0 Å². The van der Waals surface area contributed by atoms with Crippen LogP contribution in [0.3, 0.4) is 0 Å². The molecule has 1 aromatic carbocycles. The van der Waals surface area contributed by atoms with Gasteiger partial charge in [0.05, 0.1) is 0 Å². The molecule has 1 amide bonds. The number of aromatic nitrogens is 2. The van der Waals surface area contributed by atoms with Crippen molar-refractivity contribution >= 4 is 17.5 Å². The van der Waals surface area contributed by atoms with Gasteiger partial charge in [-0.25, -0.2) is 0 Å². The lowest BCUT2D eigenvalue weighted by molar-refractivity contribution is 0.0994. The third-order valence-electron chi connectivity index (χ3n) is 2.09. The molecule has 0 atom stereocenters. The minimum Gasteiger partial charge on any atom is -0.364 e. The molecule has 0 aliphatic rings. The van der Waals surface area contributed by atoms with Crippen LogP contribution in [0.4, 0.5) is 0 Å². The van der Waals surface area contributed by atoms with Crippen LogP contribution in [-0.2, 0) is 0 Å². The van der Waals surface area contributed by atoms with E-state index in [1.807, 2.05) is 30.3 Å². The molecule has 80 valence electrons. The van der Waals surface area contributed by atoms with Crippen LogP contribution in [0.1, 0.15) is 10.5 Å². The number of hydrogen-bond acceptors (Lipinski definition) is 3. The molecule has 0 fully saturated rings. The molecule has 0 unspecified atom stereocenters. The summed E-state index contributed by atoms with van der Waals surface area (Å²) in [4.78, 5) is 11.0. The van der Waals surface area contributed by atoms with E-state index in [0.29, 0.717) is 5.56 Å². The number of rotatable bonds is 2. The fourth-order valence-electron chi connectivity index (χ4n) is 1.32. The van der Waals surface area contributed by atoms with E-state index in [-0.39, 0.29) is 10.8 Å². The Balaban J connectivity index is 2.56. The third-order valence-corrected chi connectivity index (χ3v) is 2.37. The maximum atomic E-state index is 11.0. The zero-order chi connectivity index (χ0) is 11.5. The monoisotopic (exact) mass is 233 g/mol. The van der Waals surface area contributed by atoms with E-state index < -0.39 is 5.91 Å². The number of amides is 1. The third kappa shape index (κ3) is 2.01. The van der Waals surface area contributed by atoms with Crippen molar-refractivity contribution in [1.82, 2.24) is 10.2 Å². The van der Waals surface area contributed by atoms with Gasteiger partial charge in [-0.3, -0.25) is 4.79 Å². The van der Waals surface area contributed by atoms with E-state index in [0.717, 1.165) is 5.56 Å². The first kappa shape index (κ1) is 10.6. The zero-order valence-corrected chi connectivity index (χ0v) is 8.98. The summed E-state index contributed by atoms with van der Waals surface area (Å²) < 4.78 is 0. The number of benzene rings is 1. The van der Waals surface area contributed by atoms with Crippen molar-refractivity contribution in [3.05, 3.63) is 47.2 Å². The predicted molar refractivity (Wildman–Crippen MR) is 61.0 cm³/mol. The highest BCUT2D eigenvalue weighted by Crippen LogP contribution is 2.25. The van der Waals surface area contributed by atoms with Crippen molar-refractivity contribution in [2.75, 3.05) is 0 Å². The first-order valence-electron chi connectivity index (χ1n) is 4.57. The van der Waals surface area contributed by atoms with E-state index >= 15 is 0 Å². The molecule has 2 rings (SSSR count).